The Kier molecular flexibility index (Phi) is 12.0. The van der Waals surface area contributed by atoms with Crippen LogP contribution in [0, 0.1) is 0 Å². The van der Waals surface area contributed by atoms with Crippen molar-refractivity contribution in [3.8, 4) is 5.88 Å². The minimum Gasteiger partial charge on any atom is -0.479 e. The molecule has 4 aromatic rings. The van der Waals surface area contributed by atoms with Gasteiger partial charge in [-0.25, -0.2) is 9.78 Å². The molecule has 2 saturated heterocycles. The molecule has 0 unspecified atom stereocenters. The first-order valence-corrected chi connectivity index (χ1v) is 19.4. The molecule has 2 aliphatic heterocycles. The predicted molar refractivity (Wildman–Crippen MR) is 194 cm³/mol. The van der Waals surface area contributed by atoms with Crippen molar-refractivity contribution < 1.29 is 32.4 Å². The Morgan fingerprint density at radius 3 is 2.24 bits per heavy atom. The lowest BCUT2D eigenvalue weighted by molar-refractivity contribution is -0.192. The van der Waals surface area contributed by atoms with Crippen LogP contribution in [0.25, 0.3) is 11.0 Å². The van der Waals surface area contributed by atoms with Crippen molar-refractivity contribution in [2.24, 2.45) is 0 Å². The lowest BCUT2D eigenvalue weighted by Crippen LogP contribution is -2.52. The van der Waals surface area contributed by atoms with Gasteiger partial charge in [0.25, 0.3) is 0 Å². The normalized spacial score (nSPS) is 16.4. The number of carbonyl (C=O) groups is 1. The van der Waals surface area contributed by atoms with Crippen molar-refractivity contribution in [3.05, 3.63) is 47.3 Å². The molecule has 0 spiro atoms. The lowest BCUT2D eigenvalue weighted by atomic mass is 10.0. The number of nitrogens with zero attached hydrogens (tertiary/aromatic N) is 8. The smallest absolute Gasteiger partial charge is 0.479 e. The zero-order valence-corrected chi connectivity index (χ0v) is 31.0. The molecule has 1 aromatic carbocycles. The van der Waals surface area contributed by atoms with Crippen molar-refractivity contribution in [1.29, 1.82) is 0 Å². The number of benzene rings is 1. The molecule has 0 bridgehead atoms. The van der Waals surface area contributed by atoms with E-state index in [1.54, 1.807) is 39.0 Å². The number of hydrogen-bond acceptors (Lipinski definition) is 13. The molecule has 0 radical (unpaired) electrons. The lowest BCUT2D eigenvalue weighted by Gasteiger charge is -2.42. The second-order valence-corrected chi connectivity index (χ2v) is 16.5. The summed E-state index contributed by atoms with van der Waals surface area (Å²) in [7, 11) is 1.08. The van der Waals surface area contributed by atoms with Crippen molar-refractivity contribution in [3.63, 3.8) is 0 Å². The summed E-state index contributed by atoms with van der Waals surface area (Å²) >= 11 is 3.55. The van der Waals surface area contributed by atoms with Gasteiger partial charge in [0, 0.05) is 63.9 Å². The number of rotatable bonds is 8. The zero-order valence-electron chi connectivity index (χ0n) is 28.5. The van der Waals surface area contributed by atoms with Gasteiger partial charge < -0.3 is 34.8 Å². The van der Waals surface area contributed by atoms with Crippen LogP contribution in [0.2, 0.25) is 0 Å². The quantitative estimate of drug-likeness (QED) is 0.200. The van der Waals surface area contributed by atoms with Gasteiger partial charge in [0.05, 0.1) is 28.1 Å². The number of nitrogens with one attached hydrogen (secondary N) is 2. The maximum atomic E-state index is 13.4. The van der Waals surface area contributed by atoms with E-state index in [2.05, 4.69) is 63.3 Å². The van der Waals surface area contributed by atoms with Gasteiger partial charge in [-0.15, -0.1) is 0 Å². The first kappa shape index (κ1) is 38.1. The Labute approximate surface area is 301 Å². The summed E-state index contributed by atoms with van der Waals surface area (Å²) in [5.41, 5.74) is 2.60. The van der Waals surface area contributed by atoms with E-state index >= 15 is 0 Å². The van der Waals surface area contributed by atoms with E-state index < -0.39 is 19.3 Å². The molecule has 2 aliphatic rings. The number of ether oxygens (including phenoxy) is 1. The predicted octanol–water partition coefficient (Wildman–Crippen LogP) is 5.17. The fourth-order valence-electron chi connectivity index (χ4n) is 5.94. The molecule has 5 heterocycles. The number of carboxylic acids is 1. The Hall–Kier alpha value is -4.12. The molecule has 0 atom stereocenters. The number of pyridine rings is 1. The topological polar surface area (TPSA) is 162 Å². The van der Waals surface area contributed by atoms with Gasteiger partial charge in [0.1, 0.15) is 30.0 Å². The first-order chi connectivity index (χ1) is 24.1. The molecule has 14 nitrogen and oxygen atoms in total. The van der Waals surface area contributed by atoms with Crippen LogP contribution in [-0.4, -0.2) is 125 Å². The van der Waals surface area contributed by atoms with E-state index in [-0.39, 0.29) is 0 Å². The molecule has 0 saturated carbocycles. The number of piperazine rings is 1. The van der Waals surface area contributed by atoms with Crippen LogP contribution in [0.4, 0.5) is 42.1 Å². The molecule has 0 aliphatic carbocycles. The second-order valence-electron chi connectivity index (χ2n) is 12.5. The highest BCUT2D eigenvalue weighted by Gasteiger charge is 2.38. The molecule has 6 rings (SSSR count). The summed E-state index contributed by atoms with van der Waals surface area (Å²) in [6.45, 7) is 9.98. The number of alkyl halides is 3. The molecule has 51 heavy (non-hydrogen) atoms. The first-order valence-electron chi connectivity index (χ1n) is 16.0. The maximum Gasteiger partial charge on any atom is 0.490 e. The third kappa shape index (κ3) is 9.61. The largest absolute Gasteiger partial charge is 0.490 e. The summed E-state index contributed by atoms with van der Waals surface area (Å²) in [4.78, 5) is 39.1. The molecule has 0 amide bonds. The van der Waals surface area contributed by atoms with Gasteiger partial charge in [-0.05, 0) is 73.4 Å². The molecule has 3 N–H and O–H groups in total. The van der Waals surface area contributed by atoms with Gasteiger partial charge >= 0.3 is 12.1 Å². The van der Waals surface area contributed by atoms with Gasteiger partial charge in [0.2, 0.25) is 11.8 Å². The zero-order chi connectivity index (χ0) is 36.9. The maximum absolute atomic E-state index is 13.4. The highest BCUT2D eigenvalue weighted by Crippen LogP contribution is 2.41. The van der Waals surface area contributed by atoms with Crippen LogP contribution in [0.1, 0.15) is 12.8 Å². The van der Waals surface area contributed by atoms with Crippen LogP contribution in [0.5, 0.6) is 5.88 Å². The number of halogens is 4. The number of fused-ring (bicyclic) bond motifs is 1. The average molecular weight is 796 g/mol. The Morgan fingerprint density at radius 2 is 1.61 bits per heavy atom. The summed E-state index contributed by atoms with van der Waals surface area (Å²) in [6.07, 6.45) is 2.08. The fourth-order valence-corrected chi connectivity index (χ4v) is 7.62. The number of hydrogen-bond donors (Lipinski definition) is 3. The highest BCUT2D eigenvalue weighted by molar-refractivity contribution is 9.10. The summed E-state index contributed by atoms with van der Waals surface area (Å²) in [6, 6.07) is 8.32. The monoisotopic (exact) mass is 794 g/mol. The molecular formula is C32H39BrF3N10O4P. The van der Waals surface area contributed by atoms with Crippen LogP contribution in [0.15, 0.2) is 47.3 Å². The van der Waals surface area contributed by atoms with Crippen LogP contribution in [-0.2, 0) is 9.36 Å². The van der Waals surface area contributed by atoms with E-state index in [1.807, 2.05) is 24.3 Å². The Bertz CT molecular complexity index is 1900. The van der Waals surface area contributed by atoms with Crippen molar-refractivity contribution >= 4 is 74.3 Å². The van der Waals surface area contributed by atoms with E-state index in [0.717, 1.165) is 57.9 Å². The van der Waals surface area contributed by atoms with Gasteiger partial charge in [-0.2, -0.15) is 23.1 Å². The van der Waals surface area contributed by atoms with Gasteiger partial charge in [0.15, 0.2) is 0 Å². The minimum absolute atomic E-state index is 0.356. The number of anilines is 5. The van der Waals surface area contributed by atoms with Crippen molar-refractivity contribution in [2.75, 3.05) is 82.3 Å². The third-order valence-corrected chi connectivity index (χ3v) is 10.6. The number of aliphatic carboxylic acids is 1. The van der Waals surface area contributed by atoms with Gasteiger partial charge in [-0.1, -0.05) is 0 Å². The fraction of sp³-hybridized carbons (Fsp3) is 0.438. The third-order valence-electron chi connectivity index (χ3n) is 8.52. The minimum atomic E-state index is -5.08. The number of aromatic nitrogens is 5. The van der Waals surface area contributed by atoms with E-state index in [0.29, 0.717) is 55.9 Å². The molecule has 2 fully saturated rings. The van der Waals surface area contributed by atoms with E-state index in [9.17, 15) is 17.7 Å². The Morgan fingerprint density at radius 1 is 0.961 bits per heavy atom. The van der Waals surface area contributed by atoms with E-state index in [1.165, 1.54) is 0 Å². The van der Waals surface area contributed by atoms with Gasteiger partial charge in [-0.3, -0.25) is 14.9 Å². The molecule has 19 heteroatoms. The summed E-state index contributed by atoms with van der Waals surface area (Å²) < 4.78 is 51.4. The van der Waals surface area contributed by atoms with Crippen LogP contribution < -0.4 is 25.6 Å². The number of likely N-dealkylation sites (N-methyl/N-ethyl adjacent to an activating group) is 1. The average Bonchev–Trinajstić information content (AvgIpc) is 3.09. The van der Waals surface area contributed by atoms with Crippen molar-refractivity contribution in [2.45, 2.75) is 25.1 Å². The number of carboxylic acid groups (broad SMARTS) is 1. The summed E-state index contributed by atoms with van der Waals surface area (Å²) in [5, 5.41) is 14.3. The van der Waals surface area contributed by atoms with Crippen LogP contribution in [0.3, 0.4) is 0 Å². The number of piperidine rings is 1. The van der Waals surface area contributed by atoms with E-state index in [4.69, 9.17) is 24.6 Å². The molecular weight excluding hydrogens is 756 g/mol. The van der Waals surface area contributed by atoms with Crippen LogP contribution >= 0.6 is 23.1 Å². The second kappa shape index (κ2) is 16.0. The molecule has 274 valence electrons. The highest BCUT2D eigenvalue weighted by atomic mass is 79.9. The van der Waals surface area contributed by atoms with Crippen molar-refractivity contribution in [1.82, 2.24) is 34.7 Å². The Balaban J connectivity index is 0.000000654. The molecule has 3 aromatic heterocycles. The summed E-state index contributed by atoms with van der Waals surface area (Å²) in [5.74, 6) is -0.522. The SMILES string of the molecule is COc1nc(N2CCC(N3CCN(C)CC3)CC2)ccc1Nc1ncc(Br)c(Nc2ccc3nccnc3c2P(C)(C)=O)n1.O=C(O)C(F)(F)F. The standard InChI is InChI=1S/C30H38BrN10O2P.C2HF3O2/c1-39-15-17-40(18-16-39)20-9-13-41(14-10-20)25-8-7-24(29(37-25)43-2)36-30-34-19-21(31)28(38-30)35-23-6-5-22-26(33-12-11-32-22)27(23)44(3,4)42;3-2(4,5)1(6)7/h5-8,11-12,19-20H,9-10,13-18H2,1-4H3,(H2,34,35,36,38);(H,6,7). The number of methoxy groups -OCH3 is 1.